The number of nitrogens with zero attached hydrogens (tertiary/aromatic N) is 2. The second-order valence-corrected chi connectivity index (χ2v) is 5.28. The zero-order chi connectivity index (χ0) is 13.5. The van der Waals surface area contributed by atoms with Crippen molar-refractivity contribution in [2.24, 2.45) is 5.73 Å². The summed E-state index contributed by atoms with van der Waals surface area (Å²) in [4.78, 5) is 5.01. The van der Waals surface area contributed by atoms with Crippen LogP contribution in [0.15, 0.2) is 24.3 Å². The lowest BCUT2D eigenvalue weighted by molar-refractivity contribution is 0.126. The molecule has 1 fully saturated rings. The molecule has 0 bridgehead atoms. The van der Waals surface area contributed by atoms with Crippen molar-refractivity contribution < 1.29 is 5.11 Å². The summed E-state index contributed by atoms with van der Waals surface area (Å²) >= 11 is 0. The summed E-state index contributed by atoms with van der Waals surface area (Å²) in [6.07, 6.45) is 2.35. The summed E-state index contributed by atoms with van der Waals surface area (Å²) in [5, 5.41) is 9.27. The van der Waals surface area contributed by atoms with Gasteiger partial charge in [-0.3, -0.25) is 4.90 Å². The summed E-state index contributed by atoms with van der Waals surface area (Å²) in [6, 6.07) is 7.53. The van der Waals surface area contributed by atoms with Gasteiger partial charge in [0, 0.05) is 32.7 Å². The summed E-state index contributed by atoms with van der Waals surface area (Å²) in [5.74, 6) is 0.341. The fourth-order valence-electron chi connectivity index (χ4n) is 2.51. The van der Waals surface area contributed by atoms with Gasteiger partial charge in [-0.05, 0) is 43.6 Å². The molecule has 0 amide bonds. The number of hydrogen-bond donors (Lipinski definition) is 2. The molecule has 1 aliphatic heterocycles. The molecule has 4 heteroatoms. The quantitative estimate of drug-likeness (QED) is 0.759. The molecule has 0 spiro atoms. The molecule has 0 radical (unpaired) electrons. The van der Waals surface area contributed by atoms with Crippen LogP contribution in [-0.4, -0.2) is 54.2 Å². The molecule has 2 rings (SSSR count). The third-order valence-electron chi connectivity index (χ3n) is 3.74. The van der Waals surface area contributed by atoms with Crippen molar-refractivity contribution in [2.75, 3.05) is 39.3 Å². The SMILES string of the molecule is NCCCCN1CCN(Cc2ccc(O)cc2)CC1. The van der Waals surface area contributed by atoms with Gasteiger partial charge in [-0.2, -0.15) is 0 Å². The van der Waals surface area contributed by atoms with Crippen molar-refractivity contribution in [1.29, 1.82) is 0 Å². The minimum atomic E-state index is 0.341. The van der Waals surface area contributed by atoms with Gasteiger partial charge in [0.2, 0.25) is 0 Å². The van der Waals surface area contributed by atoms with Crippen LogP contribution in [0.1, 0.15) is 18.4 Å². The Labute approximate surface area is 115 Å². The van der Waals surface area contributed by atoms with Gasteiger partial charge in [0.05, 0.1) is 0 Å². The van der Waals surface area contributed by atoms with E-state index in [0.717, 1.165) is 45.7 Å². The number of phenolic OH excluding ortho intramolecular Hbond substituents is 1. The number of rotatable bonds is 6. The van der Waals surface area contributed by atoms with Crippen LogP contribution < -0.4 is 5.73 Å². The maximum absolute atomic E-state index is 9.27. The fourth-order valence-corrected chi connectivity index (χ4v) is 2.51. The summed E-state index contributed by atoms with van der Waals surface area (Å²) in [7, 11) is 0. The van der Waals surface area contributed by atoms with Crippen LogP contribution in [0.2, 0.25) is 0 Å². The molecule has 106 valence electrons. The highest BCUT2D eigenvalue weighted by molar-refractivity contribution is 5.25. The predicted octanol–water partition coefficient (Wildman–Crippen LogP) is 1.25. The zero-order valence-electron chi connectivity index (χ0n) is 11.6. The van der Waals surface area contributed by atoms with Gasteiger partial charge >= 0.3 is 0 Å². The molecule has 0 aromatic heterocycles. The molecule has 1 heterocycles. The van der Waals surface area contributed by atoms with Gasteiger partial charge in [0.25, 0.3) is 0 Å². The van der Waals surface area contributed by atoms with Crippen LogP contribution in [-0.2, 0) is 6.54 Å². The number of nitrogens with two attached hydrogens (primary N) is 1. The minimum absolute atomic E-state index is 0.341. The van der Waals surface area contributed by atoms with Gasteiger partial charge in [-0.25, -0.2) is 0 Å². The van der Waals surface area contributed by atoms with Crippen LogP contribution in [0.3, 0.4) is 0 Å². The van der Waals surface area contributed by atoms with Crippen LogP contribution in [0.5, 0.6) is 5.75 Å². The Balaban J connectivity index is 1.69. The largest absolute Gasteiger partial charge is 0.508 e. The first-order chi connectivity index (χ1) is 9.28. The van der Waals surface area contributed by atoms with Crippen molar-refractivity contribution in [3.8, 4) is 5.75 Å². The highest BCUT2D eigenvalue weighted by Crippen LogP contribution is 2.13. The van der Waals surface area contributed by atoms with E-state index in [9.17, 15) is 5.11 Å². The van der Waals surface area contributed by atoms with Gasteiger partial charge in [-0.1, -0.05) is 12.1 Å². The van der Waals surface area contributed by atoms with E-state index in [4.69, 9.17) is 5.73 Å². The van der Waals surface area contributed by atoms with Crippen molar-refractivity contribution in [3.05, 3.63) is 29.8 Å². The molecular weight excluding hydrogens is 238 g/mol. The van der Waals surface area contributed by atoms with E-state index in [1.54, 1.807) is 12.1 Å². The Morgan fingerprint density at radius 1 is 0.947 bits per heavy atom. The molecule has 0 aliphatic carbocycles. The topological polar surface area (TPSA) is 52.7 Å². The van der Waals surface area contributed by atoms with Crippen LogP contribution in [0.4, 0.5) is 0 Å². The Morgan fingerprint density at radius 3 is 2.21 bits per heavy atom. The van der Waals surface area contributed by atoms with Crippen molar-refractivity contribution in [2.45, 2.75) is 19.4 Å². The standard InChI is InChI=1S/C15H25N3O/c16-7-1-2-8-17-9-11-18(12-10-17)13-14-3-5-15(19)6-4-14/h3-6,19H,1-2,7-13,16H2. The monoisotopic (exact) mass is 263 g/mol. The second kappa shape index (κ2) is 7.48. The smallest absolute Gasteiger partial charge is 0.115 e. The van der Waals surface area contributed by atoms with Crippen molar-refractivity contribution in [3.63, 3.8) is 0 Å². The lowest BCUT2D eigenvalue weighted by Gasteiger charge is -2.34. The Hall–Kier alpha value is -1.10. The van der Waals surface area contributed by atoms with Crippen LogP contribution in [0.25, 0.3) is 0 Å². The molecule has 0 atom stereocenters. The first-order valence-corrected chi connectivity index (χ1v) is 7.20. The average Bonchev–Trinajstić information content (AvgIpc) is 2.44. The molecule has 1 aromatic rings. The van der Waals surface area contributed by atoms with Crippen molar-refractivity contribution in [1.82, 2.24) is 9.80 Å². The summed E-state index contributed by atoms with van der Waals surface area (Å²) < 4.78 is 0. The zero-order valence-corrected chi connectivity index (χ0v) is 11.6. The molecule has 4 nitrogen and oxygen atoms in total. The lowest BCUT2D eigenvalue weighted by Crippen LogP contribution is -2.46. The van der Waals surface area contributed by atoms with Crippen LogP contribution in [0, 0.1) is 0 Å². The van der Waals surface area contributed by atoms with Gasteiger partial charge in [0.1, 0.15) is 5.75 Å². The summed E-state index contributed by atoms with van der Waals surface area (Å²) in [5.41, 5.74) is 6.79. The van der Waals surface area contributed by atoms with E-state index < -0.39 is 0 Å². The molecular formula is C15H25N3O. The average molecular weight is 263 g/mol. The van der Waals surface area contributed by atoms with E-state index in [1.807, 2.05) is 12.1 Å². The Kier molecular flexibility index (Phi) is 5.63. The van der Waals surface area contributed by atoms with Gasteiger partial charge in [0.15, 0.2) is 0 Å². The number of piperazine rings is 1. The molecule has 1 saturated heterocycles. The molecule has 1 aliphatic rings. The fraction of sp³-hybridized carbons (Fsp3) is 0.600. The third kappa shape index (κ3) is 4.82. The molecule has 3 N–H and O–H groups in total. The second-order valence-electron chi connectivity index (χ2n) is 5.28. The number of unbranched alkanes of at least 4 members (excludes halogenated alkanes) is 1. The highest BCUT2D eigenvalue weighted by atomic mass is 16.3. The van der Waals surface area contributed by atoms with Crippen LogP contribution >= 0.6 is 0 Å². The minimum Gasteiger partial charge on any atom is -0.508 e. The molecule has 0 saturated carbocycles. The predicted molar refractivity (Wildman–Crippen MR) is 78.1 cm³/mol. The molecule has 1 aromatic carbocycles. The van der Waals surface area contributed by atoms with Gasteiger partial charge < -0.3 is 15.7 Å². The molecule has 0 unspecified atom stereocenters. The van der Waals surface area contributed by atoms with Crippen molar-refractivity contribution >= 4 is 0 Å². The maximum atomic E-state index is 9.27. The summed E-state index contributed by atoms with van der Waals surface area (Å²) in [6.45, 7) is 7.54. The number of hydrogen-bond acceptors (Lipinski definition) is 4. The van der Waals surface area contributed by atoms with E-state index >= 15 is 0 Å². The highest BCUT2D eigenvalue weighted by Gasteiger charge is 2.16. The third-order valence-corrected chi connectivity index (χ3v) is 3.74. The first kappa shape index (κ1) is 14.3. The molecule has 19 heavy (non-hydrogen) atoms. The lowest BCUT2D eigenvalue weighted by atomic mass is 10.2. The maximum Gasteiger partial charge on any atom is 0.115 e. The first-order valence-electron chi connectivity index (χ1n) is 7.20. The Morgan fingerprint density at radius 2 is 1.58 bits per heavy atom. The normalized spacial score (nSPS) is 17.7. The number of phenols is 1. The van der Waals surface area contributed by atoms with E-state index in [1.165, 1.54) is 18.5 Å². The van der Waals surface area contributed by atoms with Gasteiger partial charge in [-0.15, -0.1) is 0 Å². The van der Waals surface area contributed by atoms with E-state index in [0.29, 0.717) is 5.75 Å². The van der Waals surface area contributed by atoms with E-state index in [-0.39, 0.29) is 0 Å². The Bertz CT molecular complexity index is 358. The number of aromatic hydroxyl groups is 1. The van der Waals surface area contributed by atoms with E-state index in [2.05, 4.69) is 9.80 Å². The number of benzene rings is 1.